The SMILES string of the molecule is C1Cc2nc(C3(NC4CC4)CCSCC3)sc2C1. The summed E-state index contributed by atoms with van der Waals surface area (Å²) in [7, 11) is 0. The summed E-state index contributed by atoms with van der Waals surface area (Å²) < 4.78 is 0. The van der Waals surface area contributed by atoms with Gasteiger partial charge in [0.15, 0.2) is 0 Å². The molecule has 1 saturated heterocycles. The summed E-state index contributed by atoms with van der Waals surface area (Å²) in [4.78, 5) is 6.60. The minimum atomic E-state index is 0.238. The number of hydrogen-bond donors (Lipinski definition) is 1. The number of aromatic nitrogens is 1. The van der Waals surface area contributed by atoms with Gasteiger partial charge in [0.1, 0.15) is 5.01 Å². The summed E-state index contributed by atoms with van der Waals surface area (Å²) >= 11 is 4.12. The van der Waals surface area contributed by atoms with Crippen molar-refractivity contribution >= 4 is 23.1 Å². The maximum absolute atomic E-state index is 5.01. The Hall–Kier alpha value is -0.0600. The van der Waals surface area contributed by atoms with Crippen molar-refractivity contribution in [3.05, 3.63) is 15.6 Å². The highest BCUT2D eigenvalue weighted by Gasteiger charge is 2.41. The quantitative estimate of drug-likeness (QED) is 0.921. The molecule has 18 heavy (non-hydrogen) atoms. The molecule has 2 aliphatic carbocycles. The summed E-state index contributed by atoms with van der Waals surface area (Å²) in [6.45, 7) is 0. The first-order valence-corrected chi connectivity index (χ1v) is 9.17. The van der Waals surface area contributed by atoms with Gasteiger partial charge in [-0.3, -0.25) is 0 Å². The maximum Gasteiger partial charge on any atom is 0.113 e. The van der Waals surface area contributed by atoms with Crippen LogP contribution in [0.5, 0.6) is 0 Å². The van der Waals surface area contributed by atoms with E-state index >= 15 is 0 Å². The van der Waals surface area contributed by atoms with E-state index in [4.69, 9.17) is 4.98 Å². The second kappa shape index (κ2) is 4.50. The van der Waals surface area contributed by atoms with Gasteiger partial charge in [0.2, 0.25) is 0 Å². The van der Waals surface area contributed by atoms with Crippen LogP contribution in [-0.4, -0.2) is 22.5 Å². The summed E-state index contributed by atoms with van der Waals surface area (Å²) in [6, 6.07) is 0.784. The van der Waals surface area contributed by atoms with Crippen molar-refractivity contribution < 1.29 is 0 Å². The molecule has 1 aromatic heterocycles. The number of nitrogens with zero attached hydrogens (tertiary/aromatic N) is 1. The number of nitrogens with one attached hydrogen (secondary N) is 1. The van der Waals surface area contributed by atoms with Crippen LogP contribution in [0.4, 0.5) is 0 Å². The Kier molecular flexibility index (Phi) is 2.93. The first kappa shape index (κ1) is 11.7. The third-order valence-corrected chi connectivity index (χ3v) is 6.76. The largest absolute Gasteiger partial charge is 0.303 e. The highest BCUT2D eigenvalue weighted by atomic mass is 32.2. The minimum absolute atomic E-state index is 0.238. The second-order valence-corrected chi connectivity index (χ2v) is 8.16. The van der Waals surface area contributed by atoms with Crippen molar-refractivity contribution in [3.63, 3.8) is 0 Å². The molecule has 0 unspecified atom stereocenters. The van der Waals surface area contributed by atoms with Gasteiger partial charge in [-0.2, -0.15) is 11.8 Å². The van der Waals surface area contributed by atoms with Gasteiger partial charge in [-0.15, -0.1) is 11.3 Å². The average Bonchev–Trinajstić information content (AvgIpc) is 2.92. The van der Waals surface area contributed by atoms with Crippen LogP contribution in [0.1, 0.15) is 47.7 Å². The molecule has 0 spiro atoms. The number of hydrogen-bond acceptors (Lipinski definition) is 4. The molecule has 0 aromatic carbocycles. The zero-order valence-electron chi connectivity index (χ0n) is 10.7. The topological polar surface area (TPSA) is 24.9 Å². The average molecular weight is 280 g/mol. The lowest BCUT2D eigenvalue weighted by atomic mass is 9.92. The zero-order valence-corrected chi connectivity index (χ0v) is 12.3. The summed E-state index contributed by atoms with van der Waals surface area (Å²) in [6.07, 6.45) is 9.13. The van der Waals surface area contributed by atoms with Crippen molar-refractivity contribution in [2.75, 3.05) is 11.5 Å². The Morgan fingerprint density at radius 2 is 2.00 bits per heavy atom. The fourth-order valence-electron chi connectivity index (χ4n) is 3.15. The maximum atomic E-state index is 5.01. The fraction of sp³-hybridized carbons (Fsp3) is 0.786. The molecule has 2 fully saturated rings. The lowest BCUT2D eigenvalue weighted by Crippen LogP contribution is -2.46. The van der Waals surface area contributed by atoms with Crippen LogP contribution in [0.25, 0.3) is 0 Å². The highest BCUT2D eigenvalue weighted by Crippen LogP contribution is 2.42. The predicted octanol–water partition coefficient (Wildman–Crippen LogP) is 3.11. The van der Waals surface area contributed by atoms with Crippen molar-refractivity contribution in [1.82, 2.24) is 10.3 Å². The van der Waals surface area contributed by atoms with Gasteiger partial charge in [0.05, 0.1) is 11.2 Å². The lowest BCUT2D eigenvalue weighted by molar-refractivity contribution is 0.302. The molecule has 2 nitrogen and oxygen atoms in total. The Morgan fingerprint density at radius 3 is 2.72 bits per heavy atom. The smallest absolute Gasteiger partial charge is 0.113 e. The van der Waals surface area contributed by atoms with Gasteiger partial charge in [0, 0.05) is 10.9 Å². The third-order valence-electron chi connectivity index (χ3n) is 4.41. The molecule has 1 N–H and O–H groups in total. The number of rotatable bonds is 3. The van der Waals surface area contributed by atoms with Crippen LogP contribution in [0, 0.1) is 0 Å². The van der Waals surface area contributed by atoms with Crippen LogP contribution in [-0.2, 0) is 18.4 Å². The fourth-order valence-corrected chi connectivity index (χ4v) is 5.70. The number of thioether (sulfide) groups is 1. The van der Waals surface area contributed by atoms with Gasteiger partial charge in [-0.05, 0) is 56.5 Å². The molecule has 98 valence electrons. The molecule has 1 aromatic rings. The molecule has 4 rings (SSSR count). The standard InChI is InChI=1S/C14H20N2S2/c1-2-11-12(3-1)18-13(15-11)14(16-10-4-5-10)6-8-17-9-7-14/h10,16H,1-9H2. The molecule has 0 atom stereocenters. The van der Waals surface area contributed by atoms with Gasteiger partial charge in [-0.1, -0.05) is 0 Å². The van der Waals surface area contributed by atoms with Gasteiger partial charge < -0.3 is 5.32 Å². The molecular formula is C14H20N2S2. The summed E-state index contributed by atoms with van der Waals surface area (Å²) in [5.74, 6) is 2.59. The summed E-state index contributed by atoms with van der Waals surface area (Å²) in [5.41, 5.74) is 1.66. The Labute approximate surface area is 117 Å². The van der Waals surface area contributed by atoms with Crippen molar-refractivity contribution in [3.8, 4) is 0 Å². The van der Waals surface area contributed by atoms with Crippen LogP contribution in [0.2, 0.25) is 0 Å². The molecule has 2 heterocycles. The van der Waals surface area contributed by atoms with E-state index in [9.17, 15) is 0 Å². The van der Waals surface area contributed by atoms with E-state index in [1.165, 1.54) is 67.2 Å². The van der Waals surface area contributed by atoms with Crippen molar-refractivity contribution in [2.45, 2.75) is 56.5 Å². The van der Waals surface area contributed by atoms with Crippen LogP contribution in [0.15, 0.2) is 0 Å². The monoisotopic (exact) mass is 280 g/mol. The van der Waals surface area contributed by atoms with Gasteiger partial charge in [0.25, 0.3) is 0 Å². The lowest BCUT2D eigenvalue weighted by Gasteiger charge is -2.36. The second-order valence-electron chi connectivity index (χ2n) is 5.86. The van der Waals surface area contributed by atoms with Crippen LogP contribution < -0.4 is 5.32 Å². The predicted molar refractivity (Wildman–Crippen MR) is 78.5 cm³/mol. The molecule has 1 saturated carbocycles. The van der Waals surface area contributed by atoms with E-state index in [2.05, 4.69) is 17.1 Å². The van der Waals surface area contributed by atoms with Crippen LogP contribution in [0.3, 0.4) is 0 Å². The van der Waals surface area contributed by atoms with E-state index in [0.717, 1.165) is 6.04 Å². The van der Waals surface area contributed by atoms with Gasteiger partial charge in [-0.25, -0.2) is 4.98 Å². The Morgan fingerprint density at radius 1 is 1.17 bits per heavy atom. The normalized spacial score (nSPS) is 26.2. The Bertz CT molecular complexity index is 423. The van der Waals surface area contributed by atoms with E-state index < -0.39 is 0 Å². The van der Waals surface area contributed by atoms with E-state index in [1.54, 1.807) is 4.88 Å². The molecule has 4 heteroatoms. The first-order chi connectivity index (χ1) is 8.86. The molecular weight excluding hydrogens is 260 g/mol. The first-order valence-electron chi connectivity index (χ1n) is 7.20. The highest BCUT2D eigenvalue weighted by molar-refractivity contribution is 7.99. The van der Waals surface area contributed by atoms with Crippen LogP contribution >= 0.6 is 23.1 Å². The molecule has 0 amide bonds. The van der Waals surface area contributed by atoms with Crippen molar-refractivity contribution in [1.29, 1.82) is 0 Å². The van der Waals surface area contributed by atoms with E-state index in [1.807, 2.05) is 11.3 Å². The third kappa shape index (κ3) is 2.02. The number of aryl methyl sites for hydroxylation is 2. The summed E-state index contributed by atoms with van der Waals surface area (Å²) in [5, 5.41) is 5.36. The molecule has 3 aliphatic rings. The Balaban J connectivity index is 1.66. The zero-order chi connectivity index (χ0) is 12.0. The van der Waals surface area contributed by atoms with Gasteiger partial charge >= 0.3 is 0 Å². The van der Waals surface area contributed by atoms with E-state index in [0.29, 0.717) is 0 Å². The molecule has 0 bridgehead atoms. The van der Waals surface area contributed by atoms with Crippen molar-refractivity contribution in [2.24, 2.45) is 0 Å². The number of thiazole rings is 1. The minimum Gasteiger partial charge on any atom is -0.303 e. The van der Waals surface area contributed by atoms with E-state index in [-0.39, 0.29) is 5.54 Å². The molecule has 1 aliphatic heterocycles. The molecule has 0 radical (unpaired) electrons. The number of fused-ring (bicyclic) bond motifs is 1.